The number of urea groups is 1. The van der Waals surface area contributed by atoms with Crippen LogP contribution in [0.1, 0.15) is 63.6 Å². The molecule has 1 aromatic carbocycles. The normalized spacial score (nSPS) is 22.4. The second-order valence-electron chi connectivity index (χ2n) is 7.45. The standard InChI is InChI=1S/C18H26N2O/c1-18(2,3)14-8-6-13(7-9-14)16-5-4-12-20(16)17(21)19-15-10-11-15/h6-9,15-16H,4-5,10-12H2,1-3H3,(H,19,21)/t16-/m1/s1. The van der Waals surface area contributed by atoms with Crippen LogP contribution >= 0.6 is 0 Å². The molecule has 1 aromatic rings. The molecule has 2 fully saturated rings. The van der Waals surface area contributed by atoms with Gasteiger partial charge >= 0.3 is 6.03 Å². The van der Waals surface area contributed by atoms with E-state index in [1.165, 1.54) is 11.1 Å². The maximum Gasteiger partial charge on any atom is 0.318 e. The SMILES string of the molecule is CC(C)(C)c1ccc([C@H]2CCCN2C(=O)NC2CC2)cc1. The quantitative estimate of drug-likeness (QED) is 0.876. The van der Waals surface area contributed by atoms with E-state index in [0.29, 0.717) is 6.04 Å². The van der Waals surface area contributed by atoms with Gasteiger partial charge in [-0.3, -0.25) is 0 Å². The second-order valence-corrected chi connectivity index (χ2v) is 7.45. The zero-order valence-corrected chi connectivity index (χ0v) is 13.4. The molecule has 1 N–H and O–H groups in total. The van der Waals surface area contributed by atoms with Crippen LogP contribution in [0.15, 0.2) is 24.3 Å². The number of carbonyl (C=O) groups is 1. The Labute approximate surface area is 127 Å². The summed E-state index contributed by atoms with van der Waals surface area (Å²) < 4.78 is 0. The van der Waals surface area contributed by atoms with Gasteiger partial charge in [0.25, 0.3) is 0 Å². The van der Waals surface area contributed by atoms with Crippen LogP contribution in [-0.2, 0) is 5.41 Å². The minimum Gasteiger partial charge on any atom is -0.335 e. The van der Waals surface area contributed by atoms with Crippen molar-refractivity contribution in [2.75, 3.05) is 6.54 Å². The molecule has 1 aliphatic heterocycles. The lowest BCUT2D eigenvalue weighted by Crippen LogP contribution is -2.40. The molecular weight excluding hydrogens is 260 g/mol. The fraction of sp³-hybridized carbons (Fsp3) is 0.611. The van der Waals surface area contributed by atoms with Crippen LogP contribution in [0.3, 0.4) is 0 Å². The molecule has 0 radical (unpaired) electrons. The predicted molar refractivity (Wildman–Crippen MR) is 85.4 cm³/mol. The van der Waals surface area contributed by atoms with Gasteiger partial charge < -0.3 is 10.2 Å². The number of hydrogen-bond donors (Lipinski definition) is 1. The van der Waals surface area contributed by atoms with E-state index in [2.05, 4.69) is 50.4 Å². The Morgan fingerprint density at radius 2 is 1.81 bits per heavy atom. The minimum atomic E-state index is 0.125. The van der Waals surface area contributed by atoms with Gasteiger partial charge in [0, 0.05) is 12.6 Å². The van der Waals surface area contributed by atoms with Crippen molar-refractivity contribution in [2.24, 2.45) is 0 Å². The second kappa shape index (κ2) is 5.36. The first-order valence-corrected chi connectivity index (χ1v) is 8.13. The Morgan fingerprint density at radius 1 is 1.14 bits per heavy atom. The molecule has 0 spiro atoms. The Balaban J connectivity index is 1.73. The Hall–Kier alpha value is -1.51. The van der Waals surface area contributed by atoms with Gasteiger partial charge in [-0.2, -0.15) is 0 Å². The molecule has 0 unspecified atom stereocenters. The lowest BCUT2D eigenvalue weighted by molar-refractivity contribution is 0.192. The van der Waals surface area contributed by atoms with Crippen LogP contribution in [0, 0.1) is 0 Å². The third kappa shape index (κ3) is 3.22. The summed E-state index contributed by atoms with van der Waals surface area (Å²) in [7, 11) is 0. The summed E-state index contributed by atoms with van der Waals surface area (Å²) in [5.74, 6) is 0. The number of amides is 2. The van der Waals surface area contributed by atoms with Gasteiger partial charge in [-0.1, -0.05) is 45.0 Å². The largest absolute Gasteiger partial charge is 0.335 e. The van der Waals surface area contributed by atoms with Gasteiger partial charge in [-0.05, 0) is 42.2 Å². The maximum atomic E-state index is 12.3. The number of hydrogen-bond acceptors (Lipinski definition) is 1. The number of rotatable bonds is 2. The predicted octanol–water partition coefficient (Wildman–Crippen LogP) is 3.99. The molecule has 2 amide bonds. The van der Waals surface area contributed by atoms with E-state index in [4.69, 9.17) is 0 Å². The van der Waals surface area contributed by atoms with Crippen molar-refractivity contribution in [3.63, 3.8) is 0 Å². The number of benzene rings is 1. The van der Waals surface area contributed by atoms with Crippen LogP contribution in [-0.4, -0.2) is 23.5 Å². The van der Waals surface area contributed by atoms with Crippen molar-refractivity contribution >= 4 is 6.03 Å². The maximum absolute atomic E-state index is 12.3. The summed E-state index contributed by atoms with van der Waals surface area (Å²) in [6.45, 7) is 7.57. The Bertz CT molecular complexity index is 511. The molecule has 3 nitrogen and oxygen atoms in total. The lowest BCUT2D eigenvalue weighted by atomic mass is 9.86. The highest BCUT2D eigenvalue weighted by atomic mass is 16.2. The van der Waals surface area contributed by atoms with Crippen LogP contribution in [0.4, 0.5) is 4.79 Å². The Kier molecular flexibility index (Phi) is 3.68. The Morgan fingerprint density at radius 3 is 2.38 bits per heavy atom. The minimum absolute atomic E-state index is 0.125. The zero-order chi connectivity index (χ0) is 15.0. The molecule has 1 aliphatic carbocycles. The summed E-state index contributed by atoms with van der Waals surface area (Å²) >= 11 is 0. The average Bonchev–Trinajstić information content (AvgIpc) is 3.11. The average molecular weight is 286 g/mol. The van der Waals surface area contributed by atoms with Gasteiger partial charge in [-0.15, -0.1) is 0 Å². The van der Waals surface area contributed by atoms with Crippen molar-refractivity contribution < 1.29 is 4.79 Å². The summed E-state index contributed by atoms with van der Waals surface area (Å²) in [4.78, 5) is 14.3. The highest BCUT2D eigenvalue weighted by Crippen LogP contribution is 2.33. The fourth-order valence-electron chi connectivity index (χ4n) is 3.05. The van der Waals surface area contributed by atoms with Gasteiger partial charge in [0.15, 0.2) is 0 Å². The molecule has 0 bridgehead atoms. The first-order chi connectivity index (χ1) is 9.95. The number of likely N-dealkylation sites (tertiary alicyclic amines) is 1. The van der Waals surface area contributed by atoms with Crippen molar-refractivity contribution in [2.45, 2.75) is 64.0 Å². The highest BCUT2D eigenvalue weighted by molar-refractivity contribution is 5.75. The molecule has 2 aliphatic rings. The molecule has 21 heavy (non-hydrogen) atoms. The van der Waals surface area contributed by atoms with Gasteiger partial charge in [0.1, 0.15) is 0 Å². The molecule has 1 heterocycles. The van der Waals surface area contributed by atoms with Crippen LogP contribution in [0.2, 0.25) is 0 Å². The number of carbonyl (C=O) groups excluding carboxylic acids is 1. The number of nitrogens with one attached hydrogen (secondary N) is 1. The monoisotopic (exact) mass is 286 g/mol. The van der Waals surface area contributed by atoms with Crippen molar-refractivity contribution in [1.82, 2.24) is 10.2 Å². The molecule has 114 valence electrons. The van der Waals surface area contributed by atoms with E-state index in [-0.39, 0.29) is 17.5 Å². The van der Waals surface area contributed by atoms with Crippen molar-refractivity contribution in [3.05, 3.63) is 35.4 Å². The van der Waals surface area contributed by atoms with Crippen LogP contribution < -0.4 is 5.32 Å². The van der Waals surface area contributed by atoms with Crippen molar-refractivity contribution in [3.8, 4) is 0 Å². The molecule has 1 atom stereocenters. The van der Waals surface area contributed by atoms with E-state index < -0.39 is 0 Å². The third-order valence-electron chi connectivity index (χ3n) is 4.58. The zero-order valence-electron chi connectivity index (χ0n) is 13.4. The van der Waals surface area contributed by atoms with Crippen LogP contribution in [0.25, 0.3) is 0 Å². The molecule has 1 saturated heterocycles. The van der Waals surface area contributed by atoms with E-state index in [9.17, 15) is 4.79 Å². The first-order valence-electron chi connectivity index (χ1n) is 8.13. The number of nitrogens with zero attached hydrogens (tertiary/aromatic N) is 1. The summed E-state index contributed by atoms with van der Waals surface area (Å²) in [6.07, 6.45) is 4.46. The molecular formula is C18H26N2O. The van der Waals surface area contributed by atoms with E-state index >= 15 is 0 Å². The van der Waals surface area contributed by atoms with Crippen molar-refractivity contribution in [1.29, 1.82) is 0 Å². The first kappa shape index (κ1) is 14.4. The van der Waals surface area contributed by atoms with Gasteiger partial charge in [0.2, 0.25) is 0 Å². The lowest BCUT2D eigenvalue weighted by Gasteiger charge is -2.26. The van der Waals surface area contributed by atoms with E-state index in [0.717, 1.165) is 32.2 Å². The fourth-order valence-corrected chi connectivity index (χ4v) is 3.05. The van der Waals surface area contributed by atoms with E-state index in [1.807, 2.05) is 4.90 Å². The molecule has 3 rings (SSSR count). The summed E-state index contributed by atoms with van der Waals surface area (Å²) in [5.41, 5.74) is 2.79. The summed E-state index contributed by atoms with van der Waals surface area (Å²) in [5, 5.41) is 3.12. The van der Waals surface area contributed by atoms with Crippen LogP contribution in [0.5, 0.6) is 0 Å². The summed E-state index contributed by atoms with van der Waals surface area (Å²) in [6, 6.07) is 9.64. The van der Waals surface area contributed by atoms with Gasteiger partial charge in [-0.25, -0.2) is 4.79 Å². The molecule has 3 heteroatoms. The molecule has 1 saturated carbocycles. The topological polar surface area (TPSA) is 32.3 Å². The smallest absolute Gasteiger partial charge is 0.318 e. The third-order valence-corrected chi connectivity index (χ3v) is 4.58. The highest BCUT2D eigenvalue weighted by Gasteiger charge is 2.33. The molecule has 0 aromatic heterocycles. The van der Waals surface area contributed by atoms with Gasteiger partial charge in [0.05, 0.1) is 6.04 Å². The van der Waals surface area contributed by atoms with E-state index in [1.54, 1.807) is 0 Å².